The molecule has 0 bridgehead atoms. The molecule has 0 aliphatic carbocycles. The maximum absolute atomic E-state index is 12.2. The minimum absolute atomic E-state index is 0.0265. The van der Waals surface area contributed by atoms with Gasteiger partial charge in [-0.3, -0.25) is 4.79 Å². The molecule has 0 aliphatic rings. The molecule has 1 aromatic heterocycles. The van der Waals surface area contributed by atoms with Gasteiger partial charge in [0.25, 0.3) is 0 Å². The molecule has 1 heterocycles. The van der Waals surface area contributed by atoms with Gasteiger partial charge in [-0.15, -0.1) is 5.10 Å². The van der Waals surface area contributed by atoms with Crippen molar-refractivity contribution in [3.05, 3.63) is 24.3 Å². The number of nitrogens with zero attached hydrogens (tertiary/aromatic N) is 4. The summed E-state index contributed by atoms with van der Waals surface area (Å²) in [6.45, 7) is 9.09. The van der Waals surface area contributed by atoms with E-state index in [1.807, 2.05) is 38.1 Å². The van der Waals surface area contributed by atoms with Crippen LogP contribution in [0.1, 0.15) is 27.7 Å². The molecule has 1 N–H and O–H groups in total. The fourth-order valence-electron chi connectivity index (χ4n) is 1.97. The van der Waals surface area contributed by atoms with Crippen molar-refractivity contribution < 1.29 is 9.53 Å². The predicted molar refractivity (Wildman–Crippen MR) is 93.5 cm³/mol. The third-order valence-corrected chi connectivity index (χ3v) is 4.20. The van der Waals surface area contributed by atoms with Crippen LogP contribution < -0.4 is 10.1 Å². The van der Waals surface area contributed by atoms with Gasteiger partial charge in [0, 0.05) is 6.54 Å². The van der Waals surface area contributed by atoms with Crippen molar-refractivity contribution >= 4 is 17.7 Å². The third kappa shape index (κ3) is 4.70. The Labute approximate surface area is 146 Å². The summed E-state index contributed by atoms with van der Waals surface area (Å²) in [5.41, 5.74) is 0.752. The zero-order chi connectivity index (χ0) is 17.5. The van der Waals surface area contributed by atoms with E-state index in [1.54, 1.807) is 4.68 Å². The SMILES string of the molecule is CCOc1ccccc1-n1nnnc1SC(C)C(=O)NCC(C)C. The number of aromatic nitrogens is 4. The van der Waals surface area contributed by atoms with Crippen LogP contribution in [0.25, 0.3) is 5.69 Å². The van der Waals surface area contributed by atoms with Crippen LogP contribution in [0.15, 0.2) is 29.4 Å². The highest BCUT2D eigenvalue weighted by atomic mass is 32.2. The van der Waals surface area contributed by atoms with Crippen LogP contribution in [0.3, 0.4) is 0 Å². The summed E-state index contributed by atoms with van der Waals surface area (Å²) in [4.78, 5) is 12.2. The smallest absolute Gasteiger partial charge is 0.233 e. The average molecular weight is 349 g/mol. The van der Waals surface area contributed by atoms with E-state index in [2.05, 4.69) is 34.7 Å². The van der Waals surface area contributed by atoms with E-state index in [4.69, 9.17) is 4.74 Å². The van der Waals surface area contributed by atoms with Crippen molar-refractivity contribution in [2.75, 3.05) is 13.2 Å². The molecule has 8 heteroatoms. The van der Waals surface area contributed by atoms with Crippen molar-refractivity contribution in [2.45, 2.75) is 38.1 Å². The highest BCUT2D eigenvalue weighted by Gasteiger charge is 2.20. The highest BCUT2D eigenvalue weighted by molar-refractivity contribution is 8.00. The van der Waals surface area contributed by atoms with Gasteiger partial charge in [0.15, 0.2) is 0 Å². The summed E-state index contributed by atoms with van der Waals surface area (Å²) >= 11 is 1.32. The summed E-state index contributed by atoms with van der Waals surface area (Å²) in [7, 11) is 0. The van der Waals surface area contributed by atoms with E-state index in [9.17, 15) is 4.79 Å². The highest BCUT2D eigenvalue weighted by Crippen LogP contribution is 2.27. The first-order valence-electron chi connectivity index (χ1n) is 7.97. The molecule has 0 aliphatic heterocycles. The first-order valence-corrected chi connectivity index (χ1v) is 8.85. The second-order valence-corrected chi connectivity index (χ2v) is 6.98. The lowest BCUT2D eigenvalue weighted by atomic mass is 10.2. The number of thioether (sulfide) groups is 1. The van der Waals surface area contributed by atoms with Crippen LogP contribution in [0.4, 0.5) is 0 Å². The van der Waals surface area contributed by atoms with Gasteiger partial charge in [-0.2, -0.15) is 4.68 Å². The number of hydrogen-bond acceptors (Lipinski definition) is 6. The van der Waals surface area contributed by atoms with Crippen LogP contribution >= 0.6 is 11.8 Å². The Morgan fingerprint density at radius 1 is 1.33 bits per heavy atom. The monoisotopic (exact) mass is 349 g/mol. The van der Waals surface area contributed by atoms with Gasteiger partial charge in [0.1, 0.15) is 11.4 Å². The summed E-state index contributed by atoms with van der Waals surface area (Å²) in [6, 6.07) is 7.54. The summed E-state index contributed by atoms with van der Waals surface area (Å²) in [5, 5.41) is 15.0. The molecule has 1 unspecified atom stereocenters. The Morgan fingerprint density at radius 2 is 2.08 bits per heavy atom. The maximum Gasteiger partial charge on any atom is 0.233 e. The van der Waals surface area contributed by atoms with E-state index < -0.39 is 0 Å². The van der Waals surface area contributed by atoms with Crippen LogP contribution in [0, 0.1) is 5.92 Å². The van der Waals surface area contributed by atoms with E-state index in [0.29, 0.717) is 30.0 Å². The number of carbonyl (C=O) groups excluding carboxylic acids is 1. The van der Waals surface area contributed by atoms with Crippen LogP contribution in [0.5, 0.6) is 5.75 Å². The molecule has 1 amide bonds. The number of tetrazole rings is 1. The summed E-state index contributed by atoms with van der Waals surface area (Å²) < 4.78 is 7.23. The zero-order valence-corrected chi connectivity index (χ0v) is 15.2. The number of rotatable bonds is 8. The standard InChI is InChI=1S/C16H23N5O2S/c1-5-23-14-9-7-6-8-13(14)21-16(18-19-20-21)24-12(4)15(22)17-10-11(2)3/h6-9,11-12H,5,10H2,1-4H3,(H,17,22). The molecule has 7 nitrogen and oxygen atoms in total. The largest absolute Gasteiger partial charge is 0.492 e. The molecule has 2 aromatic rings. The molecule has 130 valence electrons. The van der Waals surface area contributed by atoms with Gasteiger partial charge in [0.05, 0.1) is 11.9 Å². The number of para-hydroxylation sites is 2. The van der Waals surface area contributed by atoms with Gasteiger partial charge in [-0.1, -0.05) is 37.7 Å². The Morgan fingerprint density at radius 3 is 2.79 bits per heavy atom. The molecule has 0 radical (unpaired) electrons. The van der Waals surface area contributed by atoms with E-state index in [1.165, 1.54) is 11.8 Å². The molecular weight excluding hydrogens is 326 g/mol. The second-order valence-electron chi connectivity index (χ2n) is 5.67. The quantitative estimate of drug-likeness (QED) is 0.737. The molecule has 1 aromatic carbocycles. The predicted octanol–water partition coefficient (Wildman–Crippen LogP) is 2.31. The second kappa shape index (κ2) is 8.68. The number of amides is 1. The first kappa shape index (κ1) is 18.3. The van der Waals surface area contributed by atoms with Crippen LogP contribution in [-0.2, 0) is 4.79 Å². The molecule has 1 atom stereocenters. The lowest BCUT2D eigenvalue weighted by molar-refractivity contribution is -0.120. The van der Waals surface area contributed by atoms with Crippen molar-refractivity contribution in [2.24, 2.45) is 5.92 Å². The normalized spacial score (nSPS) is 12.2. The molecule has 0 fully saturated rings. The van der Waals surface area contributed by atoms with Gasteiger partial charge in [-0.25, -0.2) is 0 Å². The molecule has 2 rings (SSSR count). The van der Waals surface area contributed by atoms with Crippen molar-refractivity contribution in [1.82, 2.24) is 25.5 Å². The fraction of sp³-hybridized carbons (Fsp3) is 0.500. The number of benzene rings is 1. The summed E-state index contributed by atoms with van der Waals surface area (Å²) in [5.74, 6) is 1.09. The van der Waals surface area contributed by atoms with Gasteiger partial charge >= 0.3 is 0 Å². The Balaban J connectivity index is 2.15. The number of hydrogen-bond donors (Lipinski definition) is 1. The van der Waals surface area contributed by atoms with Gasteiger partial charge in [-0.05, 0) is 42.3 Å². The molecular formula is C16H23N5O2S. The van der Waals surface area contributed by atoms with E-state index in [-0.39, 0.29) is 11.2 Å². The minimum Gasteiger partial charge on any atom is -0.492 e. The van der Waals surface area contributed by atoms with Gasteiger partial charge in [0.2, 0.25) is 11.1 Å². The topological polar surface area (TPSA) is 81.9 Å². The Hall–Kier alpha value is -2.09. The van der Waals surface area contributed by atoms with Gasteiger partial charge < -0.3 is 10.1 Å². The Bertz CT molecular complexity index is 674. The molecule has 0 spiro atoms. The number of ether oxygens (including phenoxy) is 1. The van der Waals surface area contributed by atoms with Crippen molar-refractivity contribution in [3.63, 3.8) is 0 Å². The zero-order valence-electron chi connectivity index (χ0n) is 14.4. The average Bonchev–Trinajstić information content (AvgIpc) is 3.01. The fourth-order valence-corrected chi connectivity index (χ4v) is 2.80. The Kier molecular flexibility index (Phi) is 6.60. The maximum atomic E-state index is 12.2. The van der Waals surface area contributed by atoms with Crippen LogP contribution in [0.2, 0.25) is 0 Å². The van der Waals surface area contributed by atoms with E-state index in [0.717, 1.165) is 5.69 Å². The van der Waals surface area contributed by atoms with E-state index >= 15 is 0 Å². The molecule has 24 heavy (non-hydrogen) atoms. The lowest BCUT2D eigenvalue weighted by Gasteiger charge is -2.14. The number of nitrogens with one attached hydrogen (secondary N) is 1. The molecule has 0 saturated carbocycles. The number of carbonyl (C=O) groups is 1. The first-order chi connectivity index (χ1) is 11.5. The minimum atomic E-state index is -0.298. The summed E-state index contributed by atoms with van der Waals surface area (Å²) in [6.07, 6.45) is 0. The molecule has 0 saturated heterocycles. The van der Waals surface area contributed by atoms with Crippen molar-refractivity contribution in [3.8, 4) is 11.4 Å². The lowest BCUT2D eigenvalue weighted by Crippen LogP contribution is -2.33. The van der Waals surface area contributed by atoms with Crippen molar-refractivity contribution in [1.29, 1.82) is 0 Å². The third-order valence-electron chi connectivity index (χ3n) is 3.17. The van der Waals surface area contributed by atoms with Crippen LogP contribution in [-0.4, -0.2) is 44.5 Å².